The third kappa shape index (κ3) is 4.04. The Labute approximate surface area is 132 Å². The first kappa shape index (κ1) is 16.9. The van der Waals surface area contributed by atoms with Crippen LogP contribution in [0.5, 0.6) is 0 Å². The SMILES string of the molecule is Cc1cc(S(=O)(=O)N2CCN(C)CC2)sc1CNC(C)C. The number of sulfonamides is 1. The second kappa shape index (κ2) is 6.75. The summed E-state index contributed by atoms with van der Waals surface area (Å²) in [6.45, 7) is 9.64. The van der Waals surface area contributed by atoms with Gasteiger partial charge in [-0.15, -0.1) is 11.3 Å². The predicted octanol–water partition coefficient (Wildman–Crippen LogP) is 1.49. The Morgan fingerprint density at radius 2 is 1.90 bits per heavy atom. The van der Waals surface area contributed by atoms with Gasteiger partial charge in [0.2, 0.25) is 0 Å². The highest BCUT2D eigenvalue weighted by atomic mass is 32.2. The molecule has 1 aliphatic rings. The van der Waals surface area contributed by atoms with E-state index in [9.17, 15) is 8.42 Å². The third-order valence-electron chi connectivity index (χ3n) is 3.73. The van der Waals surface area contributed by atoms with Crippen LogP contribution in [0, 0.1) is 6.92 Å². The number of hydrogen-bond donors (Lipinski definition) is 1. The van der Waals surface area contributed by atoms with Crippen LogP contribution in [0.15, 0.2) is 10.3 Å². The van der Waals surface area contributed by atoms with Crippen LogP contribution in [0.3, 0.4) is 0 Å². The predicted molar refractivity (Wildman–Crippen MR) is 87.3 cm³/mol. The Hall–Kier alpha value is -0.470. The molecule has 1 aliphatic heterocycles. The first-order valence-electron chi connectivity index (χ1n) is 7.32. The second-order valence-corrected chi connectivity index (χ2v) is 9.22. The fraction of sp³-hybridized carbons (Fsp3) is 0.714. The van der Waals surface area contributed by atoms with Crippen molar-refractivity contribution in [3.63, 3.8) is 0 Å². The lowest BCUT2D eigenvalue weighted by Crippen LogP contribution is -2.46. The molecule has 120 valence electrons. The minimum atomic E-state index is -3.33. The van der Waals surface area contributed by atoms with E-state index in [4.69, 9.17) is 0 Å². The topological polar surface area (TPSA) is 52.7 Å². The molecule has 7 heteroatoms. The average molecular weight is 332 g/mol. The second-order valence-electron chi connectivity index (χ2n) is 5.91. The van der Waals surface area contributed by atoms with Crippen LogP contribution in [0.4, 0.5) is 0 Å². The molecule has 1 saturated heterocycles. The van der Waals surface area contributed by atoms with E-state index in [0.717, 1.165) is 30.1 Å². The van der Waals surface area contributed by atoms with Gasteiger partial charge in [0.1, 0.15) is 4.21 Å². The highest BCUT2D eigenvalue weighted by Gasteiger charge is 2.29. The van der Waals surface area contributed by atoms with Gasteiger partial charge in [-0.05, 0) is 25.6 Å². The van der Waals surface area contributed by atoms with Crippen molar-refractivity contribution in [3.05, 3.63) is 16.5 Å². The van der Waals surface area contributed by atoms with Crippen LogP contribution in [0.1, 0.15) is 24.3 Å². The lowest BCUT2D eigenvalue weighted by atomic mass is 10.3. The molecule has 2 rings (SSSR count). The summed E-state index contributed by atoms with van der Waals surface area (Å²) in [7, 11) is -1.31. The number of nitrogens with one attached hydrogen (secondary N) is 1. The Morgan fingerprint density at radius 1 is 1.29 bits per heavy atom. The zero-order valence-corrected chi connectivity index (χ0v) is 14.9. The molecule has 1 fully saturated rings. The quantitative estimate of drug-likeness (QED) is 0.888. The van der Waals surface area contributed by atoms with E-state index in [1.165, 1.54) is 11.3 Å². The van der Waals surface area contributed by atoms with Gasteiger partial charge in [-0.3, -0.25) is 0 Å². The first-order valence-corrected chi connectivity index (χ1v) is 9.57. The van der Waals surface area contributed by atoms with Gasteiger partial charge in [0, 0.05) is 43.6 Å². The maximum absolute atomic E-state index is 12.7. The summed E-state index contributed by atoms with van der Waals surface area (Å²) in [5, 5.41) is 3.35. The Kier molecular flexibility index (Phi) is 5.43. The van der Waals surface area contributed by atoms with Gasteiger partial charge in [-0.2, -0.15) is 4.31 Å². The van der Waals surface area contributed by atoms with Crippen LogP contribution in [-0.4, -0.2) is 56.9 Å². The van der Waals surface area contributed by atoms with Crippen molar-refractivity contribution in [1.82, 2.24) is 14.5 Å². The van der Waals surface area contributed by atoms with Crippen LogP contribution in [0.2, 0.25) is 0 Å². The fourth-order valence-corrected chi connectivity index (χ4v) is 5.36. The van der Waals surface area contributed by atoms with E-state index < -0.39 is 10.0 Å². The van der Waals surface area contributed by atoms with Gasteiger partial charge in [0.25, 0.3) is 10.0 Å². The molecular weight excluding hydrogens is 306 g/mol. The van der Waals surface area contributed by atoms with Gasteiger partial charge in [0.15, 0.2) is 0 Å². The van der Waals surface area contributed by atoms with Gasteiger partial charge in [-0.25, -0.2) is 8.42 Å². The summed E-state index contributed by atoms with van der Waals surface area (Å²) in [5.74, 6) is 0. The normalized spacial score (nSPS) is 18.5. The molecule has 5 nitrogen and oxygen atoms in total. The van der Waals surface area contributed by atoms with E-state index in [1.807, 2.05) is 20.0 Å². The molecule has 0 aliphatic carbocycles. The number of hydrogen-bond acceptors (Lipinski definition) is 5. The van der Waals surface area contributed by atoms with Gasteiger partial charge >= 0.3 is 0 Å². The smallest absolute Gasteiger partial charge is 0.252 e. The molecule has 21 heavy (non-hydrogen) atoms. The number of aryl methyl sites for hydroxylation is 1. The first-order chi connectivity index (χ1) is 9.80. The van der Waals surface area contributed by atoms with Crippen molar-refractivity contribution in [1.29, 1.82) is 0 Å². The van der Waals surface area contributed by atoms with Crippen LogP contribution in [-0.2, 0) is 16.6 Å². The molecule has 1 N–H and O–H groups in total. The van der Waals surface area contributed by atoms with Gasteiger partial charge < -0.3 is 10.2 Å². The Morgan fingerprint density at radius 3 is 2.48 bits per heavy atom. The average Bonchev–Trinajstić information content (AvgIpc) is 2.79. The van der Waals surface area contributed by atoms with Crippen LogP contribution in [0.25, 0.3) is 0 Å². The maximum atomic E-state index is 12.7. The number of rotatable bonds is 5. The minimum absolute atomic E-state index is 0.393. The minimum Gasteiger partial charge on any atom is -0.310 e. The van der Waals surface area contributed by atoms with E-state index in [-0.39, 0.29) is 0 Å². The lowest BCUT2D eigenvalue weighted by Gasteiger charge is -2.31. The van der Waals surface area contributed by atoms with Crippen molar-refractivity contribution in [2.24, 2.45) is 0 Å². The maximum Gasteiger partial charge on any atom is 0.252 e. The number of thiophene rings is 1. The number of piperazine rings is 1. The van der Waals surface area contributed by atoms with Crippen molar-refractivity contribution >= 4 is 21.4 Å². The zero-order chi connectivity index (χ0) is 15.6. The number of nitrogens with zero attached hydrogens (tertiary/aromatic N) is 2. The van der Waals surface area contributed by atoms with E-state index >= 15 is 0 Å². The van der Waals surface area contributed by atoms with Crippen molar-refractivity contribution in [3.8, 4) is 0 Å². The van der Waals surface area contributed by atoms with E-state index in [2.05, 4.69) is 24.1 Å². The van der Waals surface area contributed by atoms with E-state index in [1.54, 1.807) is 4.31 Å². The lowest BCUT2D eigenvalue weighted by molar-refractivity contribution is 0.222. The van der Waals surface area contributed by atoms with Crippen LogP contribution >= 0.6 is 11.3 Å². The highest BCUT2D eigenvalue weighted by Crippen LogP contribution is 2.29. The summed E-state index contributed by atoms with van der Waals surface area (Å²) >= 11 is 1.40. The molecule has 0 amide bonds. The summed E-state index contributed by atoms with van der Waals surface area (Å²) in [5.41, 5.74) is 1.06. The molecule has 1 aromatic heterocycles. The molecule has 2 heterocycles. The molecule has 0 aromatic carbocycles. The Bertz CT molecular complexity index is 573. The largest absolute Gasteiger partial charge is 0.310 e. The number of likely N-dealkylation sites (N-methyl/N-ethyl adjacent to an activating group) is 1. The molecule has 0 spiro atoms. The van der Waals surface area contributed by atoms with Gasteiger partial charge in [-0.1, -0.05) is 13.8 Å². The van der Waals surface area contributed by atoms with Crippen molar-refractivity contribution in [2.75, 3.05) is 33.2 Å². The molecule has 0 atom stereocenters. The summed E-state index contributed by atoms with van der Waals surface area (Å²) in [6, 6.07) is 2.21. The van der Waals surface area contributed by atoms with E-state index in [0.29, 0.717) is 23.3 Å². The third-order valence-corrected chi connectivity index (χ3v) is 7.31. The summed E-state index contributed by atoms with van der Waals surface area (Å²) in [4.78, 5) is 3.26. The monoisotopic (exact) mass is 331 g/mol. The molecule has 1 aromatic rings. The highest BCUT2D eigenvalue weighted by molar-refractivity contribution is 7.91. The molecule has 0 saturated carbocycles. The molecule has 0 bridgehead atoms. The van der Waals surface area contributed by atoms with Crippen LogP contribution < -0.4 is 5.32 Å². The molecular formula is C14H25N3O2S2. The standard InChI is InChI=1S/C14H25N3O2S2/c1-11(2)15-10-13-12(3)9-14(20-13)21(18,19)17-7-5-16(4)6-8-17/h9,11,15H,5-8,10H2,1-4H3. The summed E-state index contributed by atoms with van der Waals surface area (Å²) in [6.07, 6.45) is 0. The molecule has 0 radical (unpaired) electrons. The fourth-order valence-electron chi connectivity index (χ4n) is 2.24. The van der Waals surface area contributed by atoms with Crippen molar-refractivity contribution in [2.45, 2.75) is 37.6 Å². The molecule has 0 unspecified atom stereocenters. The Balaban J connectivity index is 2.15. The van der Waals surface area contributed by atoms with Gasteiger partial charge in [0.05, 0.1) is 0 Å². The summed E-state index contributed by atoms with van der Waals surface area (Å²) < 4.78 is 27.5. The zero-order valence-electron chi connectivity index (χ0n) is 13.2. The van der Waals surface area contributed by atoms with Crippen molar-refractivity contribution < 1.29 is 8.42 Å².